The Kier molecular flexibility index (Phi) is 9.88. The van der Waals surface area contributed by atoms with E-state index >= 15 is 0 Å². The number of halogens is 2. The van der Waals surface area contributed by atoms with Crippen molar-refractivity contribution in [1.82, 2.24) is 0 Å². The first-order valence-electron chi connectivity index (χ1n) is 8.28. The first kappa shape index (κ1) is 23.8. The van der Waals surface area contributed by atoms with Crippen molar-refractivity contribution in [2.24, 2.45) is 10.7 Å². The molecular weight excluding hydrogens is 495 g/mol. The molecule has 4 N–H and O–H groups in total. The molecule has 0 aromatic heterocycles. The molecule has 152 valence electrons. The van der Waals surface area contributed by atoms with Crippen LogP contribution in [0.3, 0.4) is 0 Å². The first-order chi connectivity index (χ1) is 12.9. The summed E-state index contributed by atoms with van der Waals surface area (Å²) in [6.45, 7) is 2.10. The zero-order chi connectivity index (χ0) is 19.8. The van der Waals surface area contributed by atoms with Gasteiger partial charge in [-0.2, -0.15) is 0 Å². The molecule has 0 aliphatic heterocycles. The SMILES string of the molecule is COc1ccc(NC(N)=NCCC(=O)Nc2cccc(Cl)c2C)cc1OC.I. The second kappa shape index (κ2) is 11.6. The van der Waals surface area contributed by atoms with Gasteiger partial charge in [-0.05, 0) is 36.8 Å². The lowest BCUT2D eigenvalue weighted by Gasteiger charge is -2.11. The molecule has 0 bridgehead atoms. The van der Waals surface area contributed by atoms with Crippen LogP contribution < -0.4 is 25.8 Å². The highest BCUT2D eigenvalue weighted by Crippen LogP contribution is 2.29. The monoisotopic (exact) mass is 518 g/mol. The van der Waals surface area contributed by atoms with Gasteiger partial charge in [0.2, 0.25) is 5.91 Å². The molecule has 0 radical (unpaired) electrons. The molecule has 2 aromatic rings. The summed E-state index contributed by atoms with van der Waals surface area (Å²) < 4.78 is 10.4. The first-order valence-corrected chi connectivity index (χ1v) is 8.66. The number of rotatable bonds is 7. The average Bonchev–Trinajstić information content (AvgIpc) is 2.65. The van der Waals surface area contributed by atoms with Gasteiger partial charge in [0, 0.05) is 28.9 Å². The largest absolute Gasteiger partial charge is 0.493 e. The van der Waals surface area contributed by atoms with Gasteiger partial charge in [0.1, 0.15) is 0 Å². The molecule has 0 fully saturated rings. The Balaban J connectivity index is 0.00000392. The molecule has 0 aliphatic rings. The van der Waals surface area contributed by atoms with Crippen LogP contribution in [0.15, 0.2) is 41.4 Å². The zero-order valence-electron chi connectivity index (χ0n) is 15.9. The van der Waals surface area contributed by atoms with E-state index in [1.165, 1.54) is 0 Å². The number of benzene rings is 2. The number of carbonyl (C=O) groups is 1. The van der Waals surface area contributed by atoms with E-state index in [9.17, 15) is 4.79 Å². The second-order valence-electron chi connectivity index (χ2n) is 5.67. The van der Waals surface area contributed by atoms with Crippen LogP contribution in [-0.2, 0) is 4.79 Å². The Labute approximate surface area is 186 Å². The molecule has 2 aromatic carbocycles. The number of amides is 1. The molecule has 0 unspecified atom stereocenters. The molecule has 1 amide bonds. The standard InChI is InChI=1S/C19H23ClN4O3.HI/c1-12-14(20)5-4-6-15(12)24-18(25)9-10-22-19(21)23-13-7-8-16(26-2)17(11-13)27-3;/h4-8,11H,9-10H2,1-3H3,(H,24,25)(H3,21,22,23);1H. The summed E-state index contributed by atoms with van der Waals surface area (Å²) in [7, 11) is 3.12. The highest BCUT2D eigenvalue weighted by atomic mass is 127. The summed E-state index contributed by atoms with van der Waals surface area (Å²) in [5, 5.41) is 6.37. The van der Waals surface area contributed by atoms with Gasteiger partial charge < -0.3 is 25.8 Å². The fraction of sp³-hybridized carbons (Fsp3) is 0.263. The third-order valence-electron chi connectivity index (χ3n) is 3.82. The van der Waals surface area contributed by atoms with Crippen molar-refractivity contribution < 1.29 is 14.3 Å². The maximum Gasteiger partial charge on any atom is 0.226 e. The van der Waals surface area contributed by atoms with Crippen LogP contribution in [0.4, 0.5) is 11.4 Å². The van der Waals surface area contributed by atoms with Crippen LogP contribution in [0.2, 0.25) is 5.02 Å². The number of guanidine groups is 1. The van der Waals surface area contributed by atoms with Crippen molar-refractivity contribution in [3.63, 3.8) is 0 Å². The van der Waals surface area contributed by atoms with Crippen LogP contribution in [0, 0.1) is 6.92 Å². The van der Waals surface area contributed by atoms with Gasteiger partial charge in [0.25, 0.3) is 0 Å². The Morgan fingerprint density at radius 2 is 1.86 bits per heavy atom. The molecule has 0 aliphatic carbocycles. The van der Waals surface area contributed by atoms with E-state index in [0.717, 1.165) is 5.56 Å². The summed E-state index contributed by atoms with van der Waals surface area (Å²) in [6, 6.07) is 10.7. The predicted molar refractivity (Wildman–Crippen MR) is 125 cm³/mol. The van der Waals surface area contributed by atoms with Gasteiger partial charge in [-0.1, -0.05) is 17.7 Å². The summed E-state index contributed by atoms with van der Waals surface area (Å²) in [5.74, 6) is 1.23. The second-order valence-corrected chi connectivity index (χ2v) is 6.08. The van der Waals surface area contributed by atoms with Crippen LogP contribution >= 0.6 is 35.6 Å². The van der Waals surface area contributed by atoms with E-state index in [0.29, 0.717) is 27.9 Å². The lowest BCUT2D eigenvalue weighted by atomic mass is 10.2. The molecule has 0 atom stereocenters. The van der Waals surface area contributed by atoms with Crippen molar-refractivity contribution in [2.45, 2.75) is 13.3 Å². The van der Waals surface area contributed by atoms with Crippen LogP contribution in [0.1, 0.15) is 12.0 Å². The summed E-state index contributed by atoms with van der Waals surface area (Å²) in [6.07, 6.45) is 0.195. The van der Waals surface area contributed by atoms with Crippen LogP contribution in [-0.4, -0.2) is 32.6 Å². The van der Waals surface area contributed by atoms with Crippen LogP contribution in [0.25, 0.3) is 0 Å². The number of methoxy groups -OCH3 is 2. The molecule has 0 saturated carbocycles. The third-order valence-corrected chi connectivity index (χ3v) is 4.23. The third kappa shape index (κ3) is 6.75. The van der Waals surface area contributed by atoms with Crippen molar-refractivity contribution in [1.29, 1.82) is 0 Å². The quantitative estimate of drug-likeness (QED) is 0.292. The maximum absolute atomic E-state index is 12.1. The molecule has 0 spiro atoms. The van der Waals surface area contributed by atoms with Gasteiger partial charge in [-0.3, -0.25) is 9.79 Å². The van der Waals surface area contributed by atoms with Crippen molar-refractivity contribution in [2.75, 3.05) is 31.4 Å². The van der Waals surface area contributed by atoms with Crippen molar-refractivity contribution in [3.8, 4) is 11.5 Å². The van der Waals surface area contributed by atoms with Gasteiger partial charge in [-0.25, -0.2) is 0 Å². The van der Waals surface area contributed by atoms with E-state index in [2.05, 4.69) is 15.6 Å². The smallest absolute Gasteiger partial charge is 0.226 e. The fourth-order valence-corrected chi connectivity index (χ4v) is 2.51. The fourth-order valence-electron chi connectivity index (χ4n) is 2.33. The van der Waals surface area contributed by atoms with E-state index in [1.54, 1.807) is 50.6 Å². The van der Waals surface area contributed by atoms with Gasteiger partial charge in [0.05, 0.1) is 20.8 Å². The van der Waals surface area contributed by atoms with E-state index < -0.39 is 0 Å². The molecule has 2 rings (SSSR count). The topological polar surface area (TPSA) is 98.0 Å². The van der Waals surface area contributed by atoms with E-state index in [4.69, 9.17) is 26.8 Å². The Morgan fingerprint density at radius 1 is 1.14 bits per heavy atom. The highest BCUT2D eigenvalue weighted by molar-refractivity contribution is 14.0. The lowest BCUT2D eigenvalue weighted by Crippen LogP contribution is -2.23. The van der Waals surface area contributed by atoms with Crippen LogP contribution in [0.5, 0.6) is 11.5 Å². The molecule has 28 heavy (non-hydrogen) atoms. The number of nitrogens with zero attached hydrogens (tertiary/aromatic N) is 1. The highest BCUT2D eigenvalue weighted by Gasteiger charge is 2.07. The van der Waals surface area contributed by atoms with E-state index in [-0.39, 0.29) is 48.8 Å². The number of nitrogens with one attached hydrogen (secondary N) is 2. The molecule has 0 heterocycles. The Hall–Kier alpha value is -2.20. The number of ether oxygens (including phenoxy) is 2. The summed E-state index contributed by atoms with van der Waals surface area (Å²) >= 11 is 6.05. The number of nitrogens with two attached hydrogens (primary N) is 1. The number of anilines is 2. The minimum absolute atomic E-state index is 0. The zero-order valence-corrected chi connectivity index (χ0v) is 19.0. The molecular formula is C19H24ClIN4O3. The average molecular weight is 519 g/mol. The van der Waals surface area contributed by atoms with Gasteiger partial charge in [0.15, 0.2) is 17.5 Å². The maximum atomic E-state index is 12.1. The minimum atomic E-state index is -0.164. The normalized spacial score (nSPS) is 10.6. The molecule has 0 saturated heterocycles. The summed E-state index contributed by atoms with van der Waals surface area (Å²) in [5.41, 5.74) is 8.08. The predicted octanol–water partition coefficient (Wildman–Crippen LogP) is 4.04. The lowest BCUT2D eigenvalue weighted by molar-refractivity contribution is -0.116. The van der Waals surface area contributed by atoms with Crippen molar-refractivity contribution >= 4 is 58.8 Å². The van der Waals surface area contributed by atoms with E-state index in [1.807, 2.05) is 6.92 Å². The number of carbonyl (C=O) groups excluding carboxylic acids is 1. The number of hydrogen-bond donors (Lipinski definition) is 3. The van der Waals surface area contributed by atoms with Gasteiger partial charge in [-0.15, -0.1) is 24.0 Å². The summed E-state index contributed by atoms with van der Waals surface area (Å²) in [4.78, 5) is 16.2. The Morgan fingerprint density at radius 3 is 2.54 bits per heavy atom. The van der Waals surface area contributed by atoms with Crippen molar-refractivity contribution in [3.05, 3.63) is 47.0 Å². The molecule has 9 heteroatoms. The number of aliphatic imine (C=N–C) groups is 1. The number of hydrogen-bond acceptors (Lipinski definition) is 4. The molecule has 7 nitrogen and oxygen atoms in total. The van der Waals surface area contributed by atoms with Gasteiger partial charge >= 0.3 is 0 Å². The minimum Gasteiger partial charge on any atom is -0.493 e. The Bertz CT molecular complexity index is 846.